The average Bonchev–Trinajstić information content (AvgIpc) is 2.96. The Morgan fingerprint density at radius 2 is 2.19 bits per heavy atom. The van der Waals surface area contributed by atoms with Crippen LogP contribution in [0.3, 0.4) is 0 Å². The van der Waals surface area contributed by atoms with Crippen molar-refractivity contribution in [1.29, 1.82) is 0 Å². The first-order valence-electron chi connectivity index (χ1n) is 4.95. The zero-order chi connectivity index (χ0) is 11.0. The number of nitrogens with one attached hydrogen (secondary N) is 2. The molecule has 0 saturated heterocycles. The fourth-order valence-electron chi connectivity index (χ4n) is 1.56. The van der Waals surface area contributed by atoms with Gasteiger partial charge in [-0.15, -0.1) is 11.3 Å². The lowest BCUT2D eigenvalue weighted by Gasteiger charge is -1.95. The number of H-pyrrole nitrogens is 1. The molecule has 0 aliphatic rings. The van der Waals surface area contributed by atoms with Crippen molar-refractivity contribution in [3.05, 3.63) is 29.6 Å². The van der Waals surface area contributed by atoms with E-state index in [0.29, 0.717) is 0 Å². The van der Waals surface area contributed by atoms with Gasteiger partial charge in [0, 0.05) is 7.05 Å². The van der Waals surface area contributed by atoms with Gasteiger partial charge in [-0.05, 0) is 23.6 Å². The summed E-state index contributed by atoms with van der Waals surface area (Å²) in [6.07, 6.45) is 0. The standard InChI is InChI=1S/C11H10N4S/c1-12-9-5-4-7-10(14-9)15-11(13-7)8-3-2-6-16-8/h2-6H,1H3,(H2,12,13,14,15). The van der Waals surface area contributed by atoms with Crippen molar-refractivity contribution < 1.29 is 0 Å². The minimum atomic E-state index is 0.746. The van der Waals surface area contributed by atoms with Gasteiger partial charge in [-0.2, -0.15) is 0 Å². The van der Waals surface area contributed by atoms with E-state index in [4.69, 9.17) is 0 Å². The third kappa shape index (κ3) is 1.45. The molecule has 4 nitrogen and oxygen atoms in total. The molecule has 16 heavy (non-hydrogen) atoms. The number of nitrogens with zero attached hydrogens (tertiary/aromatic N) is 2. The van der Waals surface area contributed by atoms with Crippen molar-refractivity contribution in [3.8, 4) is 10.7 Å². The van der Waals surface area contributed by atoms with Crippen LogP contribution in [0.15, 0.2) is 29.6 Å². The lowest BCUT2D eigenvalue weighted by atomic mass is 10.4. The minimum Gasteiger partial charge on any atom is -0.373 e. The third-order valence-electron chi connectivity index (χ3n) is 2.36. The highest BCUT2D eigenvalue weighted by Gasteiger charge is 2.07. The maximum absolute atomic E-state index is 4.47. The lowest BCUT2D eigenvalue weighted by molar-refractivity contribution is 1.29. The predicted molar refractivity (Wildman–Crippen MR) is 66.7 cm³/mol. The highest BCUT2D eigenvalue weighted by Crippen LogP contribution is 2.24. The molecule has 0 aliphatic heterocycles. The molecular weight excluding hydrogens is 220 g/mol. The van der Waals surface area contributed by atoms with Crippen LogP contribution in [0.1, 0.15) is 0 Å². The van der Waals surface area contributed by atoms with Gasteiger partial charge in [-0.1, -0.05) is 6.07 Å². The van der Waals surface area contributed by atoms with Gasteiger partial charge in [-0.3, -0.25) is 0 Å². The van der Waals surface area contributed by atoms with Gasteiger partial charge in [0.15, 0.2) is 11.5 Å². The van der Waals surface area contributed by atoms with Crippen molar-refractivity contribution in [1.82, 2.24) is 15.0 Å². The predicted octanol–water partition coefficient (Wildman–Crippen LogP) is 2.73. The van der Waals surface area contributed by atoms with E-state index in [0.717, 1.165) is 27.7 Å². The van der Waals surface area contributed by atoms with E-state index in [1.807, 2.05) is 36.7 Å². The maximum Gasteiger partial charge on any atom is 0.180 e. The topological polar surface area (TPSA) is 53.6 Å². The van der Waals surface area contributed by atoms with Crippen molar-refractivity contribution in [3.63, 3.8) is 0 Å². The normalized spacial score (nSPS) is 10.8. The molecule has 0 fully saturated rings. The highest BCUT2D eigenvalue weighted by atomic mass is 32.1. The summed E-state index contributed by atoms with van der Waals surface area (Å²) in [6, 6.07) is 7.97. The molecule has 0 bridgehead atoms. The Morgan fingerprint density at radius 1 is 1.25 bits per heavy atom. The average molecular weight is 230 g/mol. The van der Waals surface area contributed by atoms with Crippen LogP contribution in [0.2, 0.25) is 0 Å². The Morgan fingerprint density at radius 3 is 2.94 bits per heavy atom. The number of rotatable bonds is 2. The second-order valence-electron chi connectivity index (χ2n) is 3.38. The Bertz CT molecular complexity index is 612. The van der Waals surface area contributed by atoms with E-state index < -0.39 is 0 Å². The van der Waals surface area contributed by atoms with E-state index in [2.05, 4.69) is 20.3 Å². The van der Waals surface area contributed by atoms with Gasteiger partial charge in [0.2, 0.25) is 0 Å². The van der Waals surface area contributed by atoms with Gasteiger partial charge in [-0.25, -0.2) is 9.97 Å². The summed E-state index contributed by atoms with van der Waals surface area (Å²) in [4.78, 5) is 13.2. The molecule has 3 heterocycles. The summed E-state index contributed by atoms with van der Waals surface area (Å²) in [6.45, 7) is 0. The lowest BCUT2D eigenvalue weighted by Crippen LogP contribution is -1.91. The van der Waals surface area contributed by atoms with E-state index >= 15 is 0 Å². The van der Waals surface area contributed by atoms with Crippen LogP contribution >= 0.6 is 11.3 Å². The number of hydrogen-bond acceptors (Lipinski definition) is 4. The van der Waals surface area contributed by atoms with E-state index in [1.165, 1.54) is 0 Å². The number of fused-ring (bicyclic) bond motifs is 1. The molecule has 3 rings (SSSR count). The smallest absolute Gasteiger partial charge is 0.180 e. The molecule has 0 radical (unpaired) electrons. The Balaban J connectivity index is 2.16. The molecule has 2 N–H and O–H groups in total. The maximum atomic E-state index is 4.47. The van der Waals surface area contributed by atoms with Crippen molar-refractivity contribution in [2.24, 2.45) is 0 Å². The summed E-state index contributed by atoms with van der Waals surface area (Å²) >= 11 is 1.66. The molecule has 0 unspecified atom stereocenters. The van der Waals surface area contributed by atoms with Crippen molar-refractivity contribution >= 4 is 28.3 Å². The Kier molecular flexibility index (Phi) is 2.11. The highest BCUT2D eigenvalue weighted by molar-refractivity contribution is 7.13. The fourth-order valence-corrected chi connectivity index (χ4v) is 2.23. The number of thiophene rings is 1. The Hall–Kier alpha value is -1.88. The molecule has 0 spiro atoms. The fraction of sp³-hybridized carbons (Fsp3) is 0.0909. The van der Waals surface area contributed by atoms with E-state index in [9.17, 15) is 0 Å². The molecule has 3 aromatic heterocycles. The van der Waals surface area contributed by atoms with Crippen LogP contribution in [-0.2, 0) is 0 Å². The quantitative estimate of drug-likeness (QED) is 0.711. The van der Waals surface area contributed by atoms with Crippen LogP contribution < -0.4 is 5.32 Å². The van der Waals surface area contributed by atoms with Gasteiger partial charge in [0.25, 0.3) is 0 Å². The first kappa shape index (κ1) is 9.35. The zero-order valence-corrected chi connectivity index (χ0v) is 9.51. The van der Waals surface area contributed by atoms with Crippen LogP contribution in [0, 0.1) is 0 Å². The molecule has 0 aromatic carbocycles. The minimum absolute atomic E-state index is 0.746. The van der Waals surface area contributed by atoms with Gasteiger partial charge >= 0.3 is 0 Å². The number of imidazole rings is 1. The number of aromatic amines is 1. The van der Waals surface area contributed by atoms with E-state index in [-0.39, 0.29) is 0 Å². The first-order chi connectivity index (χ1) is 7.86. The molecular formula is C11H10N4S. The molecule has 5 heteroatoms. The van der Waals surface area contributed by atoms with Crippen LogP contribution in [0.5, 0.6) is 0 Å². The molecule has 0 aliphatic carbocycles. The molecule has 0 atom stereocenters. The molecule has 0 saturated carbocycles. The van der Waals surface area contributed by atoms with Crippen molar-refractivity contribution in [2.45, 2.75) is 0 Å². The van der Waals surface area contributed by atoms with Gasteiger partial charge < -0.3 is 10.3 Å². The van der Waals surface area contributed by atoms with E-state index in [1.54, 1.807) is 11.3 Å². The van der Waals surface area contributed by atoms with Gasteiger partial charge in [0.05, 0.1) is 10.4 Å². The summed E-state index contributed by atoms with van der Waals surface area (Å²) in [5.41, 5.74) is 1.71. The number of pyridine rings is 1. The van der Waals surface area contributed by atoms with Crippen LogP contribution in [-0.4, -0.2) is 22.0 Å². The second-order valence-corrected chi connectivity index (χ2v) is 4.33. The largest absolute Gasteiger partial charge is 0.373 e. The SMILES string of the molecule is CNc1ccc2[nH]c(-c3cccs3)nc2n1. The van der Waals surface area contributed by atoms with Crippen LogP contribution in [0.25, 0.3) is 21.9 Å². The number of hydrogen-bond donors (Lipinski definition) is 2. The monoisotopic (exact) mass is 230 g/mol. The first-order valence-corrected chi connectivity index (χ1v) is 5.83. The second kappa shape index (κ2) is 3.61. The molecule has 0 amide bonds. The molecule has 3 aromatic rings. The van der Waals surface area contributed by atoms with Crippen molar-refractivity contribution in [2.75, 3.05) is 12.4 Å². The number of aromatic nitrogens is 3. The summed E-state index contributed by atoms with van der Waals surface area (Å²) < 4.78 is 0. The van der Waals surface area contributed by atoms with Gasteiger partial charge in [0.1, 0.15) is 5.82 Å². The summed E-state index contributed by atoms with van der Waals surface area (Å²) in [7, 11) is 1.85. The zero-order valence-electron chi connectivity index (χ0n) is 8.69. The van der Waals surface area contributed by atoms with Crippen LogP contribution in [0.4, 0.5) is 5.82 Å². The number of anilines is 1. The Labute approximate surface area is 96.4 Å². The molecule has 80 valence electrons. The summed E-state index contributed by atoms with van der Waals surface area (Å²) in [5, 5.41) is 5.04. The third-order valence-corrected chi connectivity index (χ3v) is 3.23. The summed E-state index contributed by atoms with van der Waals surface area (Å²) in [5.74, 6) is 1.71.